The molecule has 2 aliphatic heterocycles. The molecule has 1 saturated carbocycles. The van der Waals surface area contributed by atoms with Crippen LogP contribution < -0.4 is 9.47 Å². The summed E-state index contributed by atoms with van der Waals surface area (Å²) < 4.78 is 46.8. The molecule has 122 valence electrons. The van der Waals surface area contributed by atoms with E-state index in [1.54, 1.807) is 24.1 Å². The Hall–Kier alpha value is -1.59. The van der Waals surface area contributed by atoms with Crippen molar-refractivity contribution in [1.29, 1.82) is 1.43 Å². The highest BCUT2D eigenvalue weighted by molar-refractivity contribution is 5.90. The number of piperidine rings is 1. The van der Waals surface area contributed by atoms with Crippen molar-refractivity contribution in [2.45, 2.75) is 48.8 Å². The van der Waals surface area contributed by atoms with E-state index in [0.717, 1.165) is 0 Å². The molecule has 2 fully saturated rings. The van der Waals surface area contributed by atoms with Crippen molar-refractivity contribution < 1.29 is 23.5 Å². The highest BCUT2D eigenvalue weighted by Crippen LogP contribution is 2.64. The maximum atomic E-state index is 12.9. The van der Waals surface area contributed by atoms with Gasteiger partial charge in [0.1, 0.15) is 0 Å². The molecule has 1 spiro atoms. The summed E-state index contributed by atoms with van der Waals surface area (Å²) in [5.74, 6) is 0.685. The van der Waals surface area contributed by atoms with E-state index < -0.39 is 29.5 Å². The van der Waals surface area contributed by atoms with Crippen molar-refractivity contribution >= 4 is 5.78 Å². The number of ether oxygens (including phenoxy) is 2. The zero-order valence-electron chi connectivity index (χ0n) is 17.1. The first kappa shape index (κ1) is 10.3. The van der Waals surface area contributed by atoms with Gasteiger partial charge in [0.15, 0.2) is 23.4 Å². The number of likely N-dealkylation sites (N-methyl/N-ethyl adjacent to an activating group) is 1. The van der Waals surface area contributed by atoms with Crippen LogP contribution in [0.25, 0.3) is 0 Å². The van der Waals surface area contributed by atoms with Crippen LogP contribution in [0.2, 0.25) is 0 Å². The standard InChI is InChI=1S/C18H21NO4/c1-19-8-7-17-14-10-3-4-12(22-2)15(14)23-16(17)11(20)5-6-18(17,21)13(19)9-10/h3-4,13,16,21H,5-9H2,1-2H3/t13-,16?,17+,18-/m1/s1/i9D2,13D,21D. The zero-order chi connectivity index (χ0) is 19.4. The molecule has 5 heteroatoms. The highest BCUT2D eigenvalue weighted by Gasteiger charge is 2.72. The van der Waals surface area contributed by atoms with Crippen LogP contribution in [0.5, 0.6) is 11.5 Å². The molecule has 1 N–H and O–H groups in total. The number of aliphatic hydroxyl groups is 1. The normalized spacial score (nSPS) is 48.4. The molecule has 5 rings (SSSR count). The maximum absolute atomic E-state index is 12.9. The quantitative estimate of drug-likeness (QED) is 0.883. The lowest BCUT2D eigenvalue weighted by Gasteiger charge is -2.62. The number of methoxy groups -OCH3 is 1. The van der Waals surface area contributed by atoms with Gasteiger partial charge < -0.3 is 19.5 Å². The minimum atomic E-state index is -2.14. The molecule has 2 heterocycles. The van der Waals surface area contributed by atoms with Gasteiger partial charge in [0.2, 0.25) is 1.43 Å². The molecule has 4 aliphatic rings. The van der Waals surface area contributed by atoms with Crippen molar-refractivity contribution in [2.75, 3.05) is 20.7 Å². The van der Waals surface area contributed by atoms with E-state index in [2.05, 4.69) is 0 Å². The van der Waals surface area contributed by atoms with Gasteiger partial charge in [-0.05, 0) is 44.4 Å². The molecule has 0 amide bonds. The summed E-state index contributed by atoms with van der Waals surface area (Å²) in [6.07, 6.45) is -2.39. The summed E-state index contributed by atoms with van der Waals surface area (Å²) in [4.78, 5) is 14.5. The van der Waals surface area contributed by atoms with Crippen LogP contribution >= 0.6 is 0 Å². The van der Waals surface area contributed by atoms with Gasteiger partial charge in [0.25, 0.3) is 0 Å². The van der Waals surface area contributed by atoms with Crippen LogP contribution in [-0.2, 0) is 16.6 Å². The molecule has 1 aromatic carbocycles. The Morgan fingerprint density at radius 2 is 2.43 bits per heavy atom. The van der Waals surface area contributed by atoms with Gasteiger partial charge in [0.05, 0.1) is 19.5 Å². The number of nitrogens with zero attached hydrogens (tertiary/aromatic N) is 1. The fourth-order valence-corrected chi connectivity index (χ4v) is 5.02. The van der Waals surface area contributed by atoms with Crippen LogP contribution in [0.1, 0.15) is 34.5 Å². The van der Waals surface area contributed by atoms with Gasteiger partial charge in [0, 0.05) is 20.7 Å². The van der Waals surface area contributed by atoms with E-state index in [9.17, 15) is 6.17 Å². The molecule has 2 aliphatic carbocycles. The third-order valence-corrected chi connectivity index (χ3v) is 6.07. The molecular formula is C18H21NO4. The minimum absolute atomic E-state index is 0.0848. The lowest BCUT2D eigenvalue weighted by atomic mass is 9.49. The van der Waals surface area contributed by atoms with E-state index in [0.29, 0.717) is 35.6 Å². The second kappa shape index (κ2) is 4.08. The molecule has 1 saturated heterocycles. The highest BCUT2D eigenvalue weighted by atomic mass is 16.5. The predicted molar refractivity (Wildman–Crippen MR) is 83.0 cm³/mol. The molecule has 5 nitrogen and oxygen atoms in total. The Labute approximate surface area is 140 Å². The monoisotopic (exact) mass is 319 g/mol. The summed E-state index contributed by atoms with van der Waals surface area (Å²) in [7, 11) is 3.19. The second-order valence-corrected chi connectivity index (χ2v) is 6.93. The number of Topliss-reactive ketones (excluding diaryl/α,β-unsaturated/α-hetero) is 1. The third kappa shape index (κ3) is 1.32. The minimum Gasteiger partial charge on any atom is -0.493 e. The molecule has 2 bridgehead atoms. The Kier molecular flexibility index (Phi) is 1.83. The molecule has 4 atom stereocenters. The van der Waals surface area contributed by atoms with Gasteiger partial charge in [-0.25, -0.2) is 0 Å². The van der Waals surface area contributed by atoms with Crippen molar-refractivity contribution in [1.82, 2.24) is 4.90 Å². The number of likely N-dealkylation sites (tertiary alicyclic amines) is 1. The number of ketones is 1. The first-order valence-corrected chi connectivity index (χ1v) is 8.00. The largest absolute Gasteiger partial charge is 0.493 e. The Morgan fingerprint density at radius 3 is 3.22 bits per heavy atom. The Bertz CT molecular complexity index is 879. The summed E-state index contributed by atoms with van der Waals surface area (Å²) in [5, 5.41) is 5.34. The maximum Gasteiger partial charge on any atom is 0.211 e. The number of rotatable bonds is 2. The van der Waals surface area contributed by atoms with Crippen molar-refractivity contribution in [3.63, 3.8) is 0 Å². The van der Waals surface area contributed by atoms with Gasteiger partial charge in [-0.2, -0.15) is 0 Å². The van der Waals surface area contributed by atoms with Crippen molar-refractivity contribution in [3.8, 4) is 11.5 Å². The molecular weight excluding hydrogens is 294 g/mol. The first-order valence-electron chi connectivity index (χ1n) is 9.90. The van der Waals surface area contributed by atoms with E-state index >= 15 is 0 Å². The fraction of sp³-hybridized carbons (Fsp3) is 0.611. The first-order chi connectivity index (χ1) is 12.7. The molecule has 0 radical (unpaired) electrons. The molecule has 1 aromatic rings. The SMILES string of the molecule is [2H]O[C@@]12CCC(=O)C3Oc4c(OC)ccc5c4[C@@]31CCN(C)[C@]2([2H])C5([2H])[2H]. The predicted octanol–water partition coefficient (Wildman–Crippen LogP) is 1.05. The number of carbonyl (C=O) groups excluding carboxylic acids is 1. The average Bonchev–Trinajstić information content (AvgIpc) is 3.01. The van der Waals surface area contributed by atoms with Crippen LogP contribution in [0.4, 0.5) is 0 Å². The van der Waals surface area contributed by atoms with E-state index in [-0.39, 0.29) is 18.6 Å². The van der Waals surface area contributed by atoms with Gasteiger partial charge in [-0.3, -0.25) is 4.79 Å². The van der Waals surface area contributed by atoms with Crippen LogP contribution in [0.3, 0.4) is 0 Å². The summed E-state index contributed by atoms with van der Waals surface area (Å²) in [6.45, 7) is 0.400. The summed E-state index contributed by atoms with van der Waals surface area (Å²) in [5.41, 5.74) is -1.72. The average molecular weight is 319 g/mol. The van der Waals surface area contributed by atoms with Crippen molar-refractivity contribution in [3.05, 3.63) is 23.3 Å². The topological polar surface area (TPSA) is 59.0 Å². The molecule has 0 aromatic heterocycles. The second-order valence-electron chi connectivity index (χ2n) is 6.93. The lowest BCUT2D eigenvalue weighted by molar-refractivity contribution is -0.185. The lowest BCUT2D eigenvalue weighted by Crippen LogP contribution is -2.76. The Balaban J connectivity index is 1.98. The van der Waals surface area contributed by atoms with Gasteiger partial charge >= 0.3 is 0 Å². The zero-order valence-corrected chi connectivity index (χ0v) is 13.1. The number of hydrogen-bond donors (Lipinski definition) is 1. The fourth-order valence-electron chi connectivity index (χ4n) is 5.02. The summed E-state index contributed by atoms with van der Waals surface area (Å²) in [6, 6.07) is 1.38. The number of benzene rings is 1. The van der Waals surface area contributed by atoms with Crippen molar-refractivity contribution in [2.24, 2.45) is 0 Å². The summed E-state index contributed by atoms with van der Waals surface area (Å²) >= 11 is 0. The Morgan fingerprint density at radius 1 is 1.57 bits per heavy atom. The van der Waals surface area contributed by atoms with E-state index in [1.807, 2.05) is 0 Å². The van der Waals surface area contributed by atoms with Gasteiger partial charge in [-0.15, -0.1) is 0 Å². The van der Waals surface area contributed by atoms with Crippen LogP contribution in [0, 0.1) is 0 Å². The smallest absolute Gasteiger partial charge is 0.211 e. The van der Waals surface area contributed by atoms with Crippen LogP contribution in [0.15, 0.2) is 12.1 Å². The van der Waals surface area contributed by atoms with Crippen LogP contribution in [-0.4, -0.2) is 55.6 Å². The molecule has 23 heavy (non-hydrogen) atoms. The molecule has 1 unspecified atom stereocenters. The number of carbonyl (C=O) groups is 1. The third-order valence-electron chi connectivity index (χ3n) is 6.07. The van der Waals surface area contributed by atoms with E-state index in [1.165, 1.54) is 7.11 Å². The number of hydrogen-bond acceptors (Lipinski definition) is 5. The van der Waals surface area contributed by atoms with Gasteiger partial charge in [-0.1, -0.05) is 6.07 Å². The van der Waals surface area contributed by atoms with E-state index in [4.69, 9.17) is 18.8 Å².